The molecule has 0 radical (unpaired) electrons. The van der Waals surface area contributed by atoms with E-state index < -0.39 is 12.5 Å². The Bertz CT molecular complexity index is 526. The highest BCUT2D eigenvalue weighted by atomic mass is 35.5. The standard InChI is InChI=1S/C14H11ClF2O/c15-12-6-4-9(5-7-12)13(18)10-2-1-3-11(8-10)14(16)17/h1-8,13-14,18H. The molecule has 0 aromatic heterocycles. The topological polar surface area (TPSA) is 20.2 Å². The normalized spacial score (nSPS) is 12.7. The van der Waals surface area contributed by atoms with Crippen LogP contribution in [0.3, 0.4) is 0 Å². The van der Waals surface area contributed by atoms with E-state index in [9.17, 15) is 13.9 Å². The minimum atomic E-state index is -2.54. The summed E-state index contributed by atoms with van der Waals surface area (Å²) in [7, 11) is 0. The molecule has 1 atom stereocenters. The van der Waals surface area contributed by atoms with Crippen LogP contribution in [-0.4, -0.2) is 5.11 Å². The second-order valence-corrected chi connectivity index (χ2v) is 4.36. The molecule has 1 N–H and O–H groups in total. The van der Waals surface area contributed by atoms with E-state index >= 15 is 0 Å². The van der Waals surface area contributed by atoms with Crippen LogP contribution >= 0.6 is 11.6 Å². The van der Waals surface area contributed by atoms with E-state index in [1.54, 1.807) is 30.3 Å². The van der Waals surface area contributed by atoms with Crippen molar-refractivity contribution in [2.75, 3.05) is 0 Å². The quantitative estimate of drug-likeness (QED) is 0.877. The van der Waals surface area contributed by atoms with Gasteiger partial charge in [0.1, 0.15) is 6.10 Å². The molecule has 1 unspecified atom stereocenters. The lowest BCUT2D eigenvalue weighted by Gasteiger charge is -2.12. The van der Waals surface area contributed by atoms with Crippen LogP contribution in [0.25, 0.3) is 0 Å². The third kappa shape index (κ3) is 2.86. The predicted molar refractivity (Wildman–Crippen MR) is 66.9 cm³/mol. The molecule has 2 aromatic carbocycles. The van der Waals surface area contributed by atoms with Gasteiger partial charge in [-0.15, -0.1) is 0 Å². The van der Waals surface area contributed by atoms with E-state index in [1.807, 2.05) is 0 Å². The maximum absolute atomic E-state index is 12.6. The Balaban J connectivity index is 2.30. The second-order valence-electron chi connectivity index (χ2n) is 3.92. The lowest BCUT2D eigenvalue weighted by atomic mass is 10.00. The fourth-order valence-corrected chi connectivity index (χ4v) is 1.83. The van der Waals surface area contributed by atoms with Gasteiger partial charge in [0, 0.05) is 10.6 Å². The summed E-state index contributed by atoms with van der Waals surface area (Å²) < 4.78 is 25.1. The van der Waals surface area contributed by atoms with Gasteiger partial charge in [-0.2, -0.15) is 0 Å². The lowest BCUT2D eigenvalue weighted by Crippen LogP contribution is -2.00. The van der Waals surface area contributed by atoms with E-state index in [-0.39, 0.29) is 5.56 Å². The van der Waals surface area contributed by atoms with Gasteiger partial charge in [-0.05, 0) is 29.3 Å². The second kappa shape index (κ2) is 5.46. The van der Waals surface area contributed by atoms with Crippen LogP contribution in [0.2, 0.25) is 5.02 Å². The smallest absolute Gasteiger partial charge is 0.263 e. The number of benzene rings is 2. The van der Waals surface area contributed by atoms with Gasteiger partial charge in [-0.1, -0.05) is 41.9 Å². The summed E-state index contributed by atoms with van der Waals surface area (Å²) in [5.41, 5.74) is 0.960. The molecular weight excluding hydrogens is 258 g/mol. The zero-order chi connectivity index (χ0) is 13.1. The molecule has 0 fully saturated rings. The highest BCUT2D eigenvalue weighted by molar-refractivity contribution is 6.30. The predicted octanol–water partition coefficient (Wildman–Crippen LogP) is 4.36. The highest BCUT2D eigenvalue weighted by Crippen LogP contribution is 2.27. The zero-order valence-electron chi connectivity index (χ0n) is 9.35. The Labute approximate surface area is 109 Å². The number of rotatable bonds is 3. The molecule has 1 nitrogen and oxygen atoms in total. The van der Waals surface area contributed by atoms with Crippen molar-refractivity contribution in [2.24, 2.45) is 0 Å². The van der Waals surface area contributed by atoms with Crippen molar-refractivity contribution in [1.82, 2.24) is 0 Å². The summed E-state index contributed by atoms with van der Waals surface area (Å²) in [6, 6.07) is 12.4. The van der Waals surface area contributed by atoms with Crippen LogP contribution in [0.15, 0.2) is 48.5 Å². The van der Waals surface area contributed by atoms with Crippen molar-refractivity contribution < 1.29 is 13.9 Å². The Hall–Kier alpha value is -1.45. The van der Waals surface area contributed by atoms with E-state index in [1.165, 1.54) is 18.2 Å². The Morgan fingerprint density at radius 3 is 2.11 bits per heavy atom. The van der Waals surface area contributed by atoms with Gasteiger partial charge < -0.3 is 5.11 Å². The maximum atomic E-state index is 12.6. The first-order chi connectivity index (χ1) is 8.58. The minimum absolute atomic E-state index is 0.0967. The van der Waals surface area contributed by atoms with Gasteiger partial charge in [0.2, 0.25) is 0 Å². The molecule has 0 heterocycles. The summed E-state index contributed by atoms with van der Waals surface area (Å²) in [6.45, 7) is 0. The minimum Gasteiger partial charge on any atom is -0.384 e. The van der Waals surface area contributed by atoms with Crippen LogP contribution in [0.4, 0.5) is 8.78 Å². The molecule has 2 rings (SSSR count). The van der Waals surface area contributed by atoms with Crippen LogP contribution < -0.4 is 0 Å². The van der Waals surface area contributed by atoms with E-state index in [4.69, 9.17) is 11.6 Å². The first kappa shape index (κ1) is 13.0. The zero-order valence-corrected chi connectivity index (χ0v) is 10.1. The van der Waals surface area contributed by atoms with Crippen LogP contribution in [0, 0.1) is 0 Å². The van der Waals surface area contributed by atoms with Crippen molar-refractivity contribution in [3.63, 3.8) is 0 Å². The van der Waals surface area contributed by atoms with Crippen molar-refractivity contribution in [3.8, 4) is 0 Å². The van der Waals surface area contributed by atoms with E-state index in [0.29, 0.717) is 16.1 Å². The number of alkyl halides is 2. The van der Waals surface area contributed by atoms with Crippen molar-refractivity contribution in [2.45, 2.75) is 12.5 Å². The third-order valence-electron chi connectivity index (χ3n) is 2.66. The van der Waals surface area contributed by atoms with Crippen LogP contribution in [0.1, 0.15) is 29.2 Å². The molecule has 0 saturated heterocycles. The Kier molecular flexibility index (Phi) is 3.94. The maximum Gasteiger partial charge on any atom is 0.263 e. The van der Waals surface area contributed by atoms with Crippen molar-refractivity contribution in [3.05, 3.63) is 70.2 Å². The average Bonchev–Trinajstić information content (AvgIpc) is 2.39. The van der Waals surface area contributed by atoms with Gasteiger partial charge >= 0.3 is 0 Å². The summed E-state index contributed by atoms with van der Waals surface area (Å²) in [5.74, 6) is 0. The molecule has 0 aliphatic rings. The molecule has 0 spiro atoms. The molecule has 4 heteroatoms. The SMILES string of the molecule is OC(c1ccc(Cl)cc1)c1cccc(C(F)F)c1. The van der Waals surface area contributed by atoms with Gasteiger partial charge in [0.05, 0.1) is 0 Å². The first-order valence-electron chi connectivity index (χ1n) is 5.39. The molecule has 94 valence electrons. The molecule has 0 bridgehead atoms. The average molecular weight is 269 g/mol. The molecule has 0 amide bonds. The van der Waals surface area contributed by atoms with Gasteiger partial charge in [-0.3, -0.25) is 0 Å². The summed E-state index contributed by atoms with van der Waals surface area (Å²) >= 11 is 5.75. The van der Waals surface area contributed by atoms with E-state index in [2.05, 4.69) is 0 Å². The molecule has 2 aromatic rings. The summed E-state index contributed by atoms with van der Waals surface area (Å²) in [5, 5.41) is 10.7. The number of aliphatic hydroxyl groups is 1. The van der Waals surface area contributed by atoms with Gasteiger partial charge in [0.15, 0.2) is 0 Å². The highest BCUT2D eigenvalue weighted by Gasteiger charge is 2.13. The summed E-state index contributed by atoms with van der Waals surface area (Å²) in [4.78, 5) is 0. The third-order valence-corrected chi connectivity index (χ3v) is 2.92. The fraction of sp³-hybridized carbons (Fsp3) is 0.143. The largest absolute Gasteiger partial charge is 0.384 e. The molecule has 0 saturated carbocycles. The first-order valence-corrected chi connectivity index (χ1v) is 5.77. The van der Waals surface area contributed by atoms with E-state index in [0.717, 1.165) is 0 Å². The van der Waals surface area contributed by atoms with Crippen molar-refractivity contribution in [1.29, 1.82) is 0 Å². The molecule has 0 aliphatic carbocycles. The van der Waals surface area contributed by atoms with Gasteiger partial charge in [0.25, 0.3) is 6.43 Å². The van der Waals surface area contributed by atoms with Crippen LogP contribution in [0.5, 0.6) is 0 Å². The lowest BCUT2D eigenvalue weighted by molar-refractivity contribution is 0.150. The summed E-state index contributed by atoms with van der Waals surface area (Å²) in [6.07, 6.45) is -3.47. The Morgan fingerprint density at radius 1 is 0.889 bits per heavy atom. The molecular formula is C14H11ClF2O. The fourth-order valence-electron chi connectivity index (χ4n) is 1.70. The number of halogens is 3. The molecule has 18 heavy (non-hydrogen) atoms. The monoisotopic (exact) mass is 268 g/mol. The van der Waals surface area contributed by atoms with Gasteiger partial charge in [-0.25, -0.2) is 8.78 Å². The Morgan fingerprint density at radius 2 is 1.50 bits per heavy atom. The number of hydrogen-bond donors (Lipinski definition) is 1. The molecule has 0 aliphatic heterocycles. The number of aliphatic hydroxyl groups excluding tert-OH is 1. The number of hydrogen-bond acceptors (Lipinski definition) is 1. The van der Waals surface area contributed by atoms with Crippen molar-refractivity contribution >= 4 is 11.6 Å². The van der Waals surface area contributed by atoms with Crippen LogP contribution in [-0.2, 0) is 0 Å².